The lowest BCUT2D eigenvalue weighted by molar-refractivity contribution is 0.417. The highest BCUT2D eigenvalue weighted by Gasteiger charge is 2.23. The topological polar surface area (TPSA) is 37.4 Å². The lowest BCUT2D eigenvalue weighted by Crippen LogP contribution is -2.30. The van der Waals surface area contributed by atoms with E-state index >= 15 is 0 Å². The van der Waals surface area contributed by atoms with Gasteiger partial charge in [-0.05, 0) is 17.4 Å². The van der Waals surface area contributed by atoms with Gasteiger partial charge in [0, 0.05) is 19.0 Å². The summed E-state index contributed by atoms with van der Waals surface area (Å²) in [5.41, 5.74) is 0. The first-order valence-electron chi connectivity index (χ1n) is 6.37. The highest BCUT2D eigenvalue weighted by molar-refractivity contribution is 7.89. The van der Waals surface area contributed by atoms with E-state index in [0.717, 1.165) is 10.8 Å². The monoisotopic (exact) mass is 277 g/mol. The number of hydrogen-bond donors (Lipinski definition) is 0. The molecule has 0 amide bonds. The molecule has 0 aromatic heterocycles. The highest BCUT2D eigenvalue weighted by Crippen LogP contribution is 2.25. The van der Waals surface area contributed by atoms with Gasteiger partial charge in [-0.25, -0.2) is 12.7 Å². The Labute approximate surface area is 114 Å². The van der Waals surface area contributed by atoms with Crippen LogP contribution < -0.4 is 0 Å². The molecule has 0 atom stereocenters. The molecule has 0 saturated carbocycles. The Balaban J connectivity index is 2.55. The van der Waals surface area contributed by atoms with Crippen molar-refractivity contribution in [3.63, 3.8) is 0 Å². The Morgan fingerprint density at radius 3 is 2.37 bits per heavy atom. The Hall–Kier alpha value is -1.39. The summed E-state index contributed by atoms with van der Waals surface area (Å²) < 4.78 is 26.6. The molecule has 102 valence electrons. The van der Waals surface area contributed by atoms with Crippen molar-refractivity contribution in [2.45, 2.75) is 18.7 Å². The van der Waals surface area contributed by atoms with Crippen LogP contribution in [0.1, 0.15) is 13.8 Å². The Morgan fingerprint density at radius 1 is 1.05 bits per heavy atom. The Kier molecular flexibility index (Phi) is 3.92. The number of nitrogens with zero attached hydrogens (tertiary/aromatic N) is 1. The van der Waals surface area contributed by atoms with Crippen LogP contribution in [0.4, 0.5) is 0 Å². The summed E-state index contributed by atoms with van der Waals surface area (Å²) >= 11 is 0. The van der Waals surface area contributed by atoms with Gasteiger partial charge in [-0.3, -0.25) is 0 Å². The van der Waals surface area contributed by atoms with Crippen molar-refractivity contribution < 1.29 is 8.42 Å². The van der Waals surface area contributed by atoms with E-state index in [2.05, 4.69) is 0 Å². The van der Waals surface area contributed by atoms with Gasteiger partial charge >= 0.3 is 0 Å². The van der Waals surface area contributed by atoms with Crippen LogP contribution in [-0.2, 0) is 10.0 Å². The summed E-state index contributed by atoms with van der Waals surface area (Å²) in [7, 11) is -1.79. The van der Waals surface area contributed by atoms with Gasteiger partial charge < -0.3 is 0 Å². The first kappa shape index (κ1) is 14.0. The maximum atomic E-state index is 12.6. The SMILES string of the molecule is CC(C)CN(C)S(=O)(=O)c1cccc2ccccc12. The van der Waals surface area contributed by atoms with Crippen molar-refractivity contribution in [1.29, 1.82) is 0 Å². The number of benzene rings is 2. The summed E-state index contributed by atoms with van der Waals surface area (Å²) in [5, 5.41) is 1.72. The van der Waals surface area contributed by atoms with Gasteiger partial charge in [0.05, 0.1) is 4.90 Å². The summed E-state index contributed by atoms with van der Waals surface area (Å²) in [6.45, 7) is 4.54. The summed E-state index contributed by atoms with van der Waals surface area (Å²) in [4.78, 5) is 0.383. The molecule has 0 aliphatic heterocycles. The van der Waals surface area contributed by atoms with Gasteiger partial charge in [0.2, 0.25) is 10.0 Å². The van der Waals surface area contributed by atoms with Crippen LogP contribution in [0.5, 0.6) is 0 Å². The number of fused-ring (bicyclic) bond motifs is 1. The van der Waals surface area contributed by atoms with Crippen LogP contribution in [0.2, 0.25) is 0 Å². The van der Waals surface area contributed by atoms with Crippen molar-refractivity contribution in [2.24, 2.45) is 5.92 Å². The van der Waals surface area contributed by atoms with Gasteiger partial charge in [-0.2, -0.15) is 0 Å². The smallest absolute Gasteiger partial charge is 0.207 e. The van der Waals surface area contributed by atoms with Crippen molar-refractivity contribution in [3.8, 4) is 0 Å². The molecule has 0 radical (unpaired) electrons. The standard InChI is InChI=1S/C15H19NO2S/c1-12(2)11-16(3)19(17,18)15-10-6-8-13-7-4-5-9-14(13)15/h4-10,12H,11H2,1-3H3. The van der Waals surface area contributed by atoms with E-state index in [-0.39, 0.29) is 0 Å². The second-order valence-electron chi connectivity index (χ2n) is 5.16. The number of rotatable bonds is 4. The van der Waals surface area contributed by atoms with Crippen molar-refractivity contribution in [2.75, 3.05) is 13.6 Å². The van der Waals surface area contributed by atoms with Crippen LogP contribution in [0.15, 0.2) is 47.4 Å². The zero-order chi connectivity index (χ0) is 14.0. The predicted molar refractivity (Wildman–Crippen MR) is 78.6 cm³/mol. The van der Waals surface area contributed by atoms with Gasteiger partial charge in [0.25, 0.3) is 0 Å². The quantitative estimate of drug-likeness (QED) is 0.861. The van der Waals surface area contributed by atoms with Crippen LogP contribution >= 0.6 is 0 Å². The molecule has 0 bridgehead atoms. The normalized spacial score (nSPS) is 12.5. The van der Waals surface area contributed by atoms with E-state index < -0.39 is 10.0 Å². The number of sulfonamides is 1. The third-order valence-corrected chi connectivity index (χ3v) is 4.94. The summed E-state index contributed by atoms with van der Waals surface area (Å²) in [5.74, 6) is 0.301. The average molecular weight is 277 g/mol. The van der Waals surface area contributed by atoms with E-state index in [4.69, 9.17) is 0 Å². The molecule has 2 aromatic carbocycles. The second kappa shape index (κ2) is 5.31. The molecule has 0 aliphatic carbocycles. The van der Waals surface area contributed by atoms with Crippen LogP contribution in [0.25, 0.3) is 10.8 Å². The Morgan fingerprint density at radius 2 is 1.68 bits per heavy atom. The lowest BCUT2D eigenvalue weighted by atomic mass is 10.1. The van der Waals surface area contributed by atoms with E-state index in [9.17, 15) is 8.42 Å². The summed E-state index contributed by atoms with van der Waals surface area (Å²) in [6.07, 6.45) is 0. The molecule has 2 rings (SSSR count). The van der Waals surface area contributed by atoms with Crippen molar-refractivity contribution in [1.82, 2.24) is 4.31 Å². The third kappa shape index (κ3) is 2.80. The van der Waals surface area contributed by atoms with Gasteiger partial charge in [-0.1, -0.05) is 50.2 Å². The fraction of sp³-hybridized carbons (Fsp3) is 0.333. The van der Waals surface area contributed by atoms with Crippen molar-refractivity contribution in [3.05, 3.63) is 42.5 Å². The largest absolute Gasteiger partial charge is 0.243 e. The minimum atomic E-state index is -3.43. The molecule has 0 saturated heterocycles. The molecule has 3 nitrogen and oxygen atoms in total. The maximum Gasteiger partial charge on any atom is 0.243 e. The van der Waals surface area contributed by atoms with Crippen LogP contribution in [0, 0.1) is 5.92 Å². The van der Waals surface area contributed by atoms with E-state index in [1.54, 1.807) is 19.2 Å². The molecule has 0 unspecified atom stereocenters. The lowest BCUT2D eigenvalue weighted by Gasteiger charge is -2.20. The molecule has 0 heterocycles. The predicted octanol–water partition coefficient (Wildman–Crippen LogP) is 3.12. The van der Waals surface area contributed by atoms with Gasteiger partial charge in [0.15, 0.2) is 0 Å². The highest BCUT2D eigenvalue weighted by atomic mass is 32.2. The summed E-state index contributed by atoms with van der Waals surface area (Å²) in [6, 6.07) is 13.0. The zero-order valence-electron chi connectivity index (χ0n) is 11.5. The van der Waals surface area contributed by atoms with Crippen LogP contribution in [0.3, 0.4) is 0 Å². The fourth-order valence-electron chi connectivity index (χ4n) is 2.20. The molecular formula is C15H19NO2S. The fourth-order valence-corrected chi connectivity index (χ4v) is 3.75. The van der Waals surface area contributed by atoms with Gasteiger partial charge in [0.1, 0.15) is 0 Å². The van der Waals surface area contributed by atoms with Gasteiger partial charge in [-0.15, -0.1) is 0 Å². The molecule has 19 heavy (non-hydrogen) atoms. The molecule has 0 spiro atoms. The molecule has 0 N–H and O–H groups in total. The minimum Gasteiger partial charge on any atom is -0.207 e. The zero-order valence-corrected chi connectivity index (χ0v) is 12.3. The molecular weight excluding hydrogens is 258 g/mol. The van der Waals surface area contributed by atoms with E-state index in [0.29, 0.717) is 17.4 Å². The third-order valence-electron chi connectivity index (χ3n) is 3.06. The second-order valence-corrected chi connectivity index (χ2v) is 7.17. The van der Waals surface area contributed by atoms with Crippen molar-refractivity contribution >= 4 is 20.8 Å². The first-order chi connectivity index (χ1) is 8.93. The minimum absolute atomic E-state index is 0.301. The first-order valence-corrected chi connectivity index (χ1v) is 7.81. The Bertz CT molecular complexity index is 672. The maximum absolute atomic E-state index is 12.6. The van der Waals surface area contributed by atoms with E-state index in [1.807, 2.05) is 44.2 Å². The van der Waals surface area contributed by atoms with E-state index in [1.165, 1.54) is 4.31 Å². The molecule has 2 aromatic rings. The molecule has 0 aliphatic rings. The van der Waals surface area contributed by atoms with Crippen LogP contribution in [-0.4, -0.2) is 26.3 Å². The molecule has 4 heteroatoms. The average Bonchev–Trinajstić information content (AvgIpc) is 2.37. The number of hydrogen-bond acceptors (Lipinski definition) is 2. The molecule has 0 fully saturated rings.